The van der Waals surface area contributed by atoms with Gasteiger partial charge in [-0.3, -0.25) is 0 Å². The molecule has 1 aliphatic carbocycles. The predicted octanol–water partition coefficient (Wildman–Crippen LogP) is 5.38. The lowest BCUT2D eigenvalue weighted by Gasteiger charge is -2.28. The van der Waals surface area contributed by atoms with Crippen LogP contribution in [0.4, 0.5) is 0 Å². The Bertz CT molecular complexity index is 406. The van der Waals surface area contributed by atoms with E-state index in [0.29, 0.717) is 5.92 Å². The van der Waals surface area contributed by atoms with E-state index in [9.17, 15) is 5.11 Å². The summed E-state index contributed by atoms with van der Waals surface area (Å²) >= 11 is 0. The van der Waals surface area contributed by atoms with Gasteiger partial charge in [0.15, 0.2) is 0 Å². The number of aliphatic hydroxyl groups is 1. The zero-order valence-corrected chi connectivity index (χ0v) is 13.4. The van der Waals surface area contributed by atoms with Crippen LogP contribution in [-0.2, 0) is 5.60 Å². The molecule has 0 saturated heterocycles. The molecule has 0 aliphatic heterocycles. The van der Waals surface area contributed by atoms with Gasteiger partial charge in [-0.1, -0.05) is 64.3 Å². The molecule has 1 aliphatic rings. The van der Waals surface area contributed by atoms with Crippen molar-refractivity contribution in [1.82, 2.24) is 0 Å². The quantitative estimate of drug-likeness (QED) is 0.731. The van der Waals surface area contributed by atoms with Gasteiger partial charge in [-0.15, -0.1) is 0 Å². The molecule has 112 valence electrons. The van der Waals surface area contributed by atoms with Gasteiger partial charge < -0.3 is 5.11 Å². The average molecular weight is 274 g/mol. The minimum absolute atomic E-state index is 0.557. The maximum absolute atomic E-state index is 11.0. The molecule has 1 nitrogen and oxygen atoms in total. The Hall–Kier alpha value is -0.820. The van der Waals surface area contributed by atoms with Gasteiger partial charge in [-0.2, -0.15) is 0 Å². The Labute approximate surface area is 124 Å². The van der Waals surface area contributed by atoms with Crippen LogP contribution in [-0.4, -0.2) is 5.11 Å². The third-order valence-electron chi connectivity index (χ3n) is 4.98. The molecule has 1 heteroatoms. The fourth-order valence-corrected chi connectivity index (χ4v) is 3.56. The standard InChI is InChI=1S/C19H30O/c1-4-6-16-7-5-13-19(20,14-12-16)18-10-8-17(9-11-18)15(2)3/h8-11,15-16,20H,4-7,12-14H2,1-3H3. The number of rotatable bonds is 4. The molecule has 1 aromatic carbocycles. The van der Waals surface area contributed by atoms with E-state index >= 15 is 0 Å². The zero-order chi connectivity index (χ0) is 14.6. The second-order valence-electron chi connectivity index (χ2n) is 6.89. The first-order valence-corrected chi connectivity index (χ1v) is 8.38. The minimum Gasteiger partial charge on any atom is -0.385 e. The van der Waals surface area contributed by atoms with Crippen LogP contribution < -0.4 is 0 Å². The van der Waals surface area contributed by atoms with Crippen LogP contribution in [0.25, 0.3) is 0 Å². The van der Waals surface area contributed by atoms with Crippen molar-refractivity contribution in [3.63, 3.8) is 0 Å². The van der Waals surface area contributed by atoms with Gasteiger partial charge >= 0.3 is 0 Å². The second kappa shape index (κ2) is 6.76. The van der Waals surface area contributed by atoms with Crippen molar-refractivity contribution in [2.24, 2.45) is 5.92 Å². The van der Waals surface area contributed by atoms with Crippen molar-refractivity contribution < 1.29 is 5.11 Å². The molecule has 1 fully saturated rings. The summed E-state index contributed by atoms with van der Waals surface area (Å²) in [5.74, 6) is 1.38. The van der Waals surface area contributed by atoms with Gasteiger partial charge in [0.1, 0.15) is 0 Å². The Morgan fingerprint density at radius 3 is 2.45 bits per heavy atom. The smallest absolute Gasteiger partial charge is 0.0896 e. The fraction of sp³-hybridized carbons (Fsp3) is 0.684. The lowest BCUT2D eigenvalue weighted by Crippen LogP contribution is -2.24. The SMILES string of the molecule is CCCC1CCCC(O)(c2ccc(C(C)C)cc2)CC1. The van der Waals surface area contributed by atoms with Crippen molar-refractivity contribution in [2.45, 2.75) is 77.2 Å². The monoisotopic (exact) mass is 274 g/mol. The molecule has 0 radical (unpaired) electrons. The molecule has 0 aromatic heterocycles. The summed E-state index contributed by atoms with van der Waals surface area (Å²) in [6.07, 6.45) is 8.07. The molecule has 20 heavy (non-hydrogen) atoms. The van der Waals surface area contributed by atoms with Gasteiger partial charge in [0, 0.05) is 0 Å². The highest BCUT2D eigenvalue weighted by Gasteiger charge is 2.32. The van der Waals surface area contributed by atoms with Crippen molar-refractivity contribution in [1.29, 1.82) is 0 Å². The van der Waals surface area contributed by atoms with Gasteiger partial charge in [0.05, 0.1) is 5.60 Å². The Balaban J connectivity index is 2.09. The summed E-state index contributed by atoms with van der Waals surface area (Å²) in [5.41, 5.74) is 1.90. The van der Waals surface area contributed by atoms with Crippen LogP contribution in [0.2, 0.25) is 0 Å². The van der Waals surface area contributed by atoms with Gasteiger partial charge in [0.25, 0.3) is 0 Å². The summed E-state index contributed by atoms with van der Waals surface area (Å²) in [6, 6.07) is 8.67. The van der Waals surface area contributed by atoms with E-state index in [-0.39, 0.29) is 0 Å². The third-order valence-corrected chi connectivity index (χ3v) is 4.98. The maximum atomic E-state index is 11.0. The molecule has 1 saturated carbocycles. The molecule has 2 unspecified atom stereocenters. The first-order valence-electron chi connectivity index (χ1n) is 8.38. The normalized spacial score (nSPS) is 27.6. The van der Waals surface area contributed by atoms with Crippen LogP contribution in [0, 0.1) is 5.92 Å². The highest BCUT2D eigenvalue weighted by atomic mass is 16.3. The molecule has 0 bridgehead atoms. The molecule has 0 amide bonds. The fourth-order valence-electron chi connectivity index (χ4n) is 3.56. The van der Waals surface area contributed by atoms with Gasteiger partial charge in [-0.25, -0.2) is 0 Å². The molecule has 1 aromatic rings. The Morgan fingerprint density at radius 1 is 1.15 bits per heavy atom. The van der Waals surface area contributed by atoms with Crippen LogP contribution >= 0.6 is 0 Å². The van der Waals surface area contributed by atoms with Crippen LogP contribution in [0.1, 0.15) is 82.8 Å². The first kappa shape index (κ1) is 15.6. The molecular weight excluding hydrogens is 244 g/mol. The Morgan fingerprint density at radius 2 is 1.85 bits per heavy atom. The van der Waals surface area contributed by atoms with E-state index in [0.717, 1.165) is 30.7 Å². The summed E-state index contributed by atoms with van der Waals surface area (Å²) in [5, 5.41) is 11.0. The van der Waals surface area contributed by atoms with Crippen molar-refractivity contribution in [3.8, 4) is 0 Å². The third kappa shape index (κ3) is 3.63. The van der Waals surface area contributed by atoms with Gasteiger partial charge in [0.2, 0.25) is 0 Å². The van der Waals surface area contributed by atoms with E-state index < -0.39 is 5.60 Å². The lowest BCUT2D eigenvalue weighted by atomic mass is 9.85. The molecule has 2 atom stereocenters. The predicted molar refractivity (Wildman–Crippen MR) is 85.9 cm³/mol. The maximum Gasteiger partial charge on any atom is 0.0896 e. The van der Waals surface area contributed by atoms with E-state index in [4.69, 9.17) is 0 Å². The lowest BCUT2D eigenvalue weighted by molar-refractivity contribution is 0.0195. The minimum atomic E-state index is -0.585. The largest absolute Gasteiger partial charge is 0.385 e. The first-order chi connectivity index (χ1) is 9.55. The van der Waals surface area contributed by atoms with E-state index in [2.05, 4.69) is 45.0 Å². The van der Waals surface area contributed by atoms with Crippen molar-refractivity contribution >= 4 is 0 Å². The van der Waals surface area contributed by atoms with Crippen molar-refractivity contribution in [3.05, 3.63) is 35.4 Å². The summed E-state index contributed by atoms with van der Waals surface area (Å²) in [7, 11) is 0. The molecule has 2 rings (SSSR count). The highest BCUT2D eigenvalue weighted by Crippen LogP contribution is 2.39. The van der Waals surface area contributed by atoms with E-state index in [1.165, 1.54) is 31.2 Å². The summed E-state index contributed by atoms with van der Waals surface area (Å²) in [4.78, 5) is 0. The van der Waals surface area contributed by atoms with E-state index in [1.54, 1.807) is 0 Å². The summed E-state index contributed by atoms with van der Waals surface area (Å²) in [6.45, 7) is 6.69. The second-order valence-corrected chi connectivity index (χ2v) is 6.89. The van der Waals surface area contributed by atoms with Crippen molar-refractivity contribution in [2.75, 3.05) is 0 Å². The van der Waals surface area contributed by atoms with Gasteiger partial charge in [-0.05, 0) is 48.6 Å². The van der Waals surface area contributed by atoms with E-state index in [1.807, 2.05) is 0 Å². The number of hydrogen-bond acceptors (Lipinski definition) is 1. The topological polar surface area (TPSA) is 20.2 Å². The average Bonchev–Trinajstić information content (AvgIpc) is 2.63. The molecule has 0 spiro atoms. The van der Waals surface area contributed by atoms with Crippen LogP contribution in [0.15, 0.2) is 24.3 Å². The number of benzene rings is 1. The number of hydrogen-bond donors (Lipinski definition) is 1. The Kier molecular flexibility index (Phi) is 5.26. The zero-order valence-electron chi connectivity index (χ0n) is 13.4. The molecular formula is C19H30O. The highest BCUT2D eigenvalue weighted by molar-refractivity contribution is 5.29. The molecule has 1 N–H and O–H groups in total. The van der Waals surface area contributed by atoms with Crippen LogP contribution in [0.3, 0.4) is 0 Å². The molecule has 0 heterocycles. The van der Waals surface area contributed by atoms with Crippen LogP contribution in [0.5, 0.6) is 0 Å². The summed E-state index contributed by atoms with van der Waals surface area (Å²) < 4.78 is 0.